The Labute approximate surface area is 101 Å². The highest BCUT2D eigenvalue weighted by Gasteiger charge is 2.51. The summed E-state index contributed by atoms with van der Waals surface area (Å²) in [6.07, 6.45) is 3.32. The highest BCUT2D eigenvalue weighted by molar-refractivity contribution is 5.69. The standard InChI is InChI=1S/C12H19NO4/c1-2-3-4-16-11(15)13-8-12(9-13)5-10(6-14)7-17-12/h6,10H,2-5,7-9H2,1H3. The topological polar surface area (TPSA) is 55.8 Å². The Balaban J connectivity index is 1.71. The first-order valence-electron chi connectivity index (χ1n) is 6.20. The van der Waals surface area contributed by atoms with Crippen LogP contribution in [0.1, 0.15) is 26.2 Å². The third-order valence-electron chi connectivity index (χ3n) is 3.37. The lowest BCUT2D eigenvalue weighted by Crippen LogP contribution is -2.63. The number of ether oxygens (including phenoxy) is 2. The summed E-state index contributed by atoms with van der Waals surface area (Å²) in [5.74, 6) is -0.00624. The second-order valence-corrected chi connectivity index (χ2v) is 4.92. The minimum absolute atomic E-state index is 0.00624. The highest BCUT2D eigenvalue weighted by Crippen LogP contribution is 2.37. The van der Waals surface area contributed by atoms with Crippen molar-refractivity contribution >= 4 is 12.4 Å². The van der Waals surface area contributed by atoms with Crippen LogP contribution < -0.4 is 0 Å². The minimum atomic E-state index is -0.268. The van der Waals surface area contributed by atoms with Crippen molar-refractivity contribution < 1.29 is 19.1 Å². The second kappa shape index (κ2) is 5.04. The zero-order chi connectivity index (χ0) is 12.3. The van der Waals surface area contributed by atoms with E-state index < -0.39 is 0 Å². The number of hydrogen-bond acceptors (Lipinski definition) is 4. The molecule has 5 heteroatoms. The van der Waals surface area contributed by atoms with E-state index in [0.717, 1.165) is 25.5 Å². The molecular weight excluding hydrogens is 222 g/mol. The molecule has 2 rings (SSSR count). The van der Waals surface area contributed by atoms with Gasteiger partial charge in [0.15, 0.2) is 0 Å². The van der Waals surface area contributed by atoms with Crippen molar-refractivity contribution in [3.63, 3.8) is 0 Å². The molecule has 1 amide bonds. The van der Waals surface area contributed by atoms with E-state index in [0.29, 0.717) is 26.3 Å². The van der Waals surface area contributed by atoms with Gasteiger partial charge in [0, 0.05) is 5.92 Å². The first-order valence-corrected chi connectivity index (χ1v) is 6.20. The van der Waals surface area contributed by atoms with Gasteiger partial charge in [-0.25, -0.2) is 4.79 Å². The van der Waals surface area contributed by atoms with Crippen LogP contribution >= 0.6 is 0 Å². The molecule has 1 atom stereocenters. The van der Waals surface area contributed by atoms with Gasteiger partial charge in [0.2, 0.25) is 0 Å². The zero-order valence-electron chi connectivity index (χ0n) is 10.2. The summed E-state index contributed by atoms with van der Waals surface area (Å²) in [7, 11) is 0. The van der Waals surface area contributed by atoms with E-state index in [1.807, 2.05) is 0 Å². The summed E-state index contributed by atoms with van der Waals surface area (Å²) in [4.78, 5) is 23.9. The Kier molecular flexibility index (Phi) is 3.66. The van der Waals surface area contributed by atoms with Gasteiger partial charge in [0.1, 0.15) is 11.9 Å². The predicted molar refractivity (Wildman–Crippen MR) is 60.7 cm³/mol. The molecule has 2 aliphatic rings. The normalized spacial score (nSPS) is 25.7. The molecule has 0 aromatic rings. The molecular formula is C12H19NO4. The maximum atomic E-state index is 11.6. The van der Waals surface area contributed by atoms with Gasteiger partial charge in [-0.1, -0.05) is 13.3 Å². The summed E-state index contributed by atoms with van der Waals surface area (Å²) < 4.78 is 10.7. The van der Waals surface area contributed by atoms with E-state index in [1.165, 1.54) is 0 Å². The van der Waals surface area contributed by atoms with Gasteiger partial charge in [-0.05, 0) is 12.8 Å². The summed E-state index contributed by atoms with van der Waals surface area (Å²) in [5, 5.41) is 0. The summed E-state index contributed by atoms with van der Waals surface area (Å²) in [5.41, 5.74) is -0.268. The van der Waals surface area contributed by atoms with Crippen molar-refractivity contribution in [2.45, 2.75) is 31.8 Å². The van der Waals surface area contributed by atoms with Crippen LogP contribution in [-0.4, -0.2) is 49.2 Å². The number of amides is 1. The van der Waals surface area contributed by atoms with Crippen molar-refractivity contribution in [1.29, 1.82) is 0 Å². The Hall–Kier alpha value is -1.10. The molecule has 96 valence electrons. The number of carbonyl (C=O) groups excluding carboxylic acids is 2. The van der Waals surface area contributed by atoms with Gasteiger partial charge in [-0.2, -0.15) is 0 Å². The molecule has 5 nitrogen and oxygen atoms in total. The molecule has 0 saturated carbocycles. The van der Waals surface area contributed by atoms with Crippen LogP contribution in [0.3, 0.4) is 0 Å². The molecule has 0 aromatic carbocycles. The molecule has 2 heterocycles. The first kappa shape index (κ1) is 12.4. The zero-order valence-corrected chi connectivity index (χ0v) is 10.2. The van der Waals surface area contributed by atoms with Gasteiger partial charge >= 0.3 is 6.09 Å². The number of likely N-dealkylation sites (tertiary alicyclic amines) is 1. The molecule has 17 heavy (non-hydrogen) atoms. The van der Waals surface area contributed by atoms with Gasteiger partial charge < -0.3 is 19.2 Å². The smallest absolute Gasteiger partial charge is 0.409 e. The summed E-state index contributed by atoms with van der Waals surface area (Å²) in [6, 6.07) is 0. The number of nitrogens with zero attached hydrogens (tertiary/aromatic N) is 1. The summed E-state index contributed by atoms with van der Waals surface area (Å²) >= 11 is 0. The predicted octanol–water partition coefficient (Wildman–Crippen LogP) is 1.21. The van der Waals surface area contributed by atoms with Crippen molar-refractivity contribution in [2.24, 2.45) is 5.92 Å². The lowest BCUT2D eigenvalue weighted by atomic mass is 9.88. The fraction of sp³-hybridized carbons (Fsp3) is 0.833. The van der Waals surface area contributed by atoms with Crippen LogP contribution in [0.15, 0.2) is 0 Å². The molecule has 1 spiro atoms. The van der Waals surface area contributed by atoms with E-state index in [-0.39, 0.29) is 17.6 Å². The average Bonchev–Trinajstić information content (AvgIpc) is 2.71. The highest BCUT2D eigenvalue weighted by atomic mass is 16.6. The minimum Gasteiger partial charge on any atom is -0.449 e. The van der Waals surface area contributed by atoms with Crippen LogP contribution in [-0.2, 0) is 14.3 Å². The quantitative estimate of drug-likeness (QED) is 0.548. The van der Waals surface area contributed by atoms with E-state index in [1.54, 1.807) is 4.90 Å². The molecule has 2 saturated heterocycles. The van der Waals surface area contributed by atoms with Gasteiger partial charge in [0.05, 0.1) is 26.3 Å². The first-order chi connectivity index (χ1) is 8.19. The van der Waals surface area contributed by atoms with Crippen LogP contribution in [0.5, 0.6) is 0 Å². The molecule has 2 aliphatic heterocycles. The van der Waals surface area contributed by atoms with Gasteiger partial charge in [-0.15, -0.1) is 0 Å². The lowest BCUT2D eigenvalue weighted by molar-refractivity contribution is -0.111. The van der Waals surface area contributed by atoms with Crippen molar-refractivity contribution in [3.8, 4) is 0 Å². The molecule has 0 bridgehead atoms. The molecule has 2 fully saturated rings. The van der Waals surface area contributed by atoms with E-state index in [4.69, 9.17) is 9.47 Å². The third kappa shape index (κ3) is 2.60. The SMILES string of the molecule is CCCCOC(=O)N1CC2(CC(C=O)CO2)C1. The maximum Gasteiger partial charge on any atom is 0.409 e. The number of rotatable bonds is 4. The number of aldehydes is 1. The van der Waals surface area contributed by atoms with E-state index in [2.05, 4.69) is 6.92 Å². The third-order valence-corrected chi connectivity index (χ3v) is 3.37. The monoisotopic (exact) mass is 241 g/mol. The second-order valence-electron chi connectivity index (χ2n) is 4.92. The van der Waals surface area contributed by atoms with Crippen molar-refractivity contribution in [2.75, 3.05) is 26.3 Å². The maximum absolute atomic E-state index is 11.6. The Morgan fingerprint density at radius 3 is 2.94 bits per heavy atom. The Bertz CT molecular complexity index is 299. The fourth-order valence-electron chi connectivity index (χ4n) is 2.36. The van der Waals surface area contributed by atoms with Crippen LogP contribution in [0, 0.1) is 5.92 Å². The van der Waals surface area contributed by atoms with Crippen LogP contribution in [0.25, 0.3) is 0 Å². The number of hydrogen-bond donors (Lipinski definition) is 0. The number of carbonyl (C=O) groups is 2. The number of unbranched alkanes of at least 4 members (excludes halogenated alkanes) is 1. The average molecular weight is 241 g/mol. The summed E-state index contributed by atoms with van der Waals surface area (Å²) in [6.45, 7) is 4.14. The van der Waals surface area contributed by atoms with Gasteiger partial charge in [0.25, 0.3) is 0 Å². The largest absolute Gasteiger partial charge is 0.449 e. The molecule has 0 aliphatic carbocycles. The van der Waals surface area contributed by atoms with Crippen molar-refractivity contribution in [3.05, 3.63) is 0 Å². The van der Waals surface area contributed by atoms with Crippen LogP contribution in [0.4, 0.5) is 4.79 Å². The van der Waals surface area contributed by atoms with Crippen molar-refractivity contribution in [1.82, 2.24) is 4.90 Å². The lowest BCUT2D eigenvalue weighted by Gasteiger charge is -2.46. The Morgan fingerprint density at radius 2 is 2.35 bits per heavy atom. The molecule has 0 N–H and O–H groups in total. The van der Waals surface area contributed by atoms with Crippen LogP contribution in [0.2, 0.25) is 0 Å². The Morgan fingerprint density at radius 1 is 1.59 bits per heavy atom. The van der Waals surface area contributed by atoms with Gasteiger partial charge in [-0.3, -0.25) is 0 Å². The molecule has 0 aromatic heterocycles. The molecule has 0 radical (unpaired) electrons. The van der Waals surface area contributed by atoms with E-state index >= 15 is 0 Å². The fourth-order valence-corrected chi connectivity index (χ4v) is 2.36. The molecule has 1 unspecified atom stereocenters. The van der Waals surface area contributed by atoms with E-state index in [9.17, 15) is 9.59 Å².